The second kappa shape index (κ2) is 3.56. The predicted molar refractivity (Wildman–Crippen MR) is 45.2 cm³/mol. The van der Waals surface area contributed by atoms with Gasteiger partial charge in [0.2, 0.25) is 5.91 Å². The van der Waals surface area contributed by atoms with Gasteiger partial charge in [-0.15, -0.1) is 0 Å². The van der Waals surface area contributed by atoms with Gasteiger partial charge in [0, 0.05) is 20.0 Å². The van der Waals surface area contributed by atoms with Gasteiger partial charge in [0.05, 0.1) is 0 Å². The van der Waals surface area contributed by atoms with Gasteiger partial charge in [0.25, 0.3) is 0 Å². The van der Waals surface area contributed by atoms with Crippen LogP contribution in [0.15, 0.2) is 11.6 Å². The first-order chi connectivity index (χ1) is 5.20. The number of hydrogen-bond donors (Lipinski definition) is 0. The van der Waals surface area contributed by atoms with Gasteiger partial charge in [-0.05, 0) is 19.8 Å². The SMILES string of the molecule is CC(=O)N1CC=C(C)CCC1. The van der Waals surface area contributed by atoms with Crippen LogP contribution in [0.4, 0.5) is 0 Å². The molecule has 2 nitrogen and oxygen atoms in total. The van der Waals surface area contributed by atoms with Crippen molar-refractivity contribution in [3.05, 3.63) is 11.6 Å². The Labute approximate surface area is 67.9 Å². The molecule has 0 saturated carbocycles. The van der Waals surface area contributed by atoms with Gasteiger partial charge in [-0.2, -0.15) is 0 Å². The second-order valence-electron chi connectivity index (χ2n) is 3.12. The predicted octanol–water partition coefficient (Wildman–Crippen LogP) is 1.58. The van der Waals surface area contributed by atoms with E-state index >= 15 is 0 Å². The average molecular weight is 153 g/mol. The zero-order chi connectivity index (χ0) is 8.27. The van der Waals surface area contributed by atoms with Crippen LogP contribution in [0.25, 0.3) is 0 Å². The lowest BCUT2D eigenvalue weighted by molar-refractivity contribution is -0.128. The summed E-state index contributed by atoms with van der Waals surface area (Å²) >= 11 is 0. The monoisotopic (exact) mass is 153 g/mol. The minimum atomic E-state index is 0.191. The molecule has 0 radical (unpaired) electrons. The number of rotatable bonds is 0. The topological polar surface area (TPSA) is 20.3 Å². The molecule has 0 spiro atoms. The molecule has 1 aliphatic heterocycles. The summed E-state index contributed by atoms with van der Waals surface area (Å²) in [5, 5.41) is 0. The highest BCUT2D eigenvalue weighted by atomic mass is 16.2. The molecular formula is C9H15NO. The van der Waals surface area contributed by atoms with Crippen molar-refractivity contribution in [1.82, 2.24) is 4.90 Å². The molecule has 0 aromatic carbocycles. The summed E-state index contributed by atoms with van der Waals surface area (Å²) in [5.74, 6) is 0.191. The second-order valence-corrected chi connectivity index (χ2v) is 3.12. The molecule has 0 aromatic rings. The molecule has 0 saturated heterocycles. The minimum Gasteiger partial charge on any atom is -0.339 e. The van der Waals surface area contributed by atoms with Crippen molar-refractivity contribution in [3.63, 3.8) is 0 Å². The first-order valence-corrected chi connectivity index (χ1v) is 4.11. The fourth-order valence-corrected chi connectivity index (χ4v) is 1.29. The van der Waals surface area contributed by atoms with E-state index in [0.29, 0.717) is 0 Å². The normalized spacial score (nSPS) is 19.1. The van der Waals surface area contributed by atoms with Crippen LogP contribution >= 0.6 is 0 Å². The van der Waals surface area contributed by atoms with Gasteiger partial charge in [-0.3, -0.25) is 4.79 Å². The van der Waals surface area contributed by atoms with Crippen LogP contribution in [0.5, 0.6) is 0 Å². The average Bonchev–Trinajstić information content (AvgIpc) is 2.13. The van der Waals surface area contributed by atoms with Crippen molar-refractivity contribution < 1.29 is 4.79 Å². The quantitative estimate of drug-likeness (QED) is 0.484. The molecule has 1 rings (SSSR count). The zero-order valence-corrected chi connectivity index (χ0v) is 7.26. The summed E-state index contributed by atoms with van der Waals surface area (Å²) in [6.45, 7) is 5.49. The van der Waals surface area contributed by atoms with Crippen LogP contribution < -0.4 is 0 Å². The van der Waals surface area contributed by atoms with Gasteiger partial charge >= 0.3 is 0 Å². The summed E-state index contributed by atoms with van der Waals surface area (Å²) in [7, 11) is 0. The van der Waals surface area contributed by atoms with E-state index in [9.17, 15) is 4.79 Å². The van der Waals surface area contributed by atoms with Crippen molar-refractivity contribution >= 4 is 5.91 Å². The van der Waals surface area contributed by atoms with Gasteiger partial charge in [0.1, 0.15) is 0 Å². The lowest BCUT2D eigenvalue weighted by atomic mass is 10.2. The van der Waals surface area contributed by atoms with Crippen molar-refractivity contribution in [2.24, 2.45) is 0 Å². The third-order valence-corrected chi connectivity index (χ3v) is 2.10. The smallest absolute Gasteiger partial charge is 0.219 e. The van der Waals surface area contributed by atoms with Crippen molar-refractivity contribution in [2.45, 2.75) is 26.7 Å². The van der Waals surface area contributed by atoms with Crippen LogP contribution in [0.3, 0.4) is 0 Å². The highest BCUT2D eigenvalue weighted by Gasteiger charge is 2.09. The Kier molecular flexibility index (Phi) is 2.69. The molecular weight excluding hydrogens is 138 g/mol. The van der Waals surface area contributed by atoms with Crippen LogP contribution in [-0.2, 0) is 4.79 Å². The Balaban J connectivity index is 2.53. The van der Waals surface area contributed by atoms with E-state index in [1.165, 1.54) is 5.57 Å². The molecule has 2 heteroatoms. The van der Waals surface area contributed by atoms with Crippen molar-refractivity contribution in [1.29, 1.82) is 0 Å². The van der Waals surface area contributed by atoms with E-state index in [2.05, 4.69) is 13.0 Å². The van der Waals surface area contributed by atoms with E-state index in [-0.39, 0.29) is 5.91 Å². The van der Waals surface area contributed by atoms with Crippen molar-refractivity contribution in [3.8, 4) is 0 Å². The molecule has 11 heavy (non-hydrogen) atoms. The summed E-state index contributed by atoms with van der Waals surface area (Å²) in [5.41, 5.74) is 1.41. The molecule has 0 fully saturated rings. The number of nitrogens with zero attached hydrogens (tertiary/aromatic N) is 1. The number of carbonyl (C=O) groups excluding carboxylic acids is 1. The standard InChI is InChI=1S/C9H15NO/c1-8-4-3-6-10(7-5-8)9(2)11/h5H,3-4,6-7H2,1-2H3. The lowest BCUT2D eigenvalue weighted by Crippen LogP contribution is -2.28. The Morgan fingerprint density at radius 3 is 3.00 bits per heavy atom. The molecule has 62 valence electrons. The summed E-state index contributed by atoms with van der Waals surface area (Å²) in [4.78, 5) is 12.8. The van der Waals surface area contributed by atoms with Gasteiger partial charge < -0.3 is 4.90 Å². The Morgan fingerprint density at radius 1 is 1.64 bits per heavy atom. The lowest BCUT2D eigenvalue weighted by Gasteiger charge is -2.16. The highest BCUT2D eigenvalue weighted by molar-refractivity contribution is 5.73. The molecule has 0 aromatic heterocycles. The van der Waals surface area contributed by atoms with E-state index in [0.717, 1.165) is 25.9 Å². The van der Waals surface area contributed by atoms with Crippen LogP contribution in [0, 0.1) is 0 Å². The molecule has 0 N–H and O–H groups in total. The van der Waals surface area contributed by atoms with E-state index in [4.69, 9.17) is 0 Å². The number of amides is 1. The zero-order valence-electron chi connectivity index (χ0n) is 7.26. The van der Waals surface area contributed by atoms with E-state index in [1.54, 1.807) is 6.92 Å². The Hall–Kier alpha value is -0.790. The Morgan fingerprint density at radius 2 is 2.36 bits per heavy atom. The summed E-state index contributed by atoms with van der Waals surface area (Å²) in [6.07, 6.45) is 4.40. The maximum Gasteiger partial charge on any atom is 0.219 e. The van der Waals surface area contributed by atoms with Crippen LogP contribution in [-0.4, -0.2) is 23.9 Å². The van der Waals surface area contributed by atoms with Gasteiger partial charge in [0.15, 0.2) is 0 Å². The van der Waals surface area contributed by atoms with E-state index in [1.807, 2.05) is 4.90 Å². The summed E-state index contributed by atoms with van der Waals surface area (Å²) in [6, 6.07) is 0. The fourth-order valence-electron chi connectivity index (χ4n) is 1.29. The largest absolute Gasteiger partial charge is 0.339 e. The molecule has 1 amide bonds. The fraction of sp³-hybridized carbons (Fsp3) is 0.667. The van der Waals surface area contributed by atoms with Crippen molar-refractivity contribution in [2.75, 3.05) is 13.1 Å². The maximum atomic E-state index is 11.0. The molecule has 0 unspecified atom stereocenters. The number of allylic oxidation sites excluding steroid dienone is 1. The molecule has 1 aliphatic rings. The Bertz CT molecular complexity index is 184. The highest BCUT2D eigenvalue weighted by Crippen LogP contribution is 2.10. The molecule has 0 aliphatic carbocycles. The van der Waals surface area contributed by atoms with Gasteiger partial charge in [-0.1, -0.05) is 11.6 Å². The van der Waals surface area contributed by atoms with E-state index < -0.39 is 0 Å². The minimum absolute atomic E-state index is 0.191. The first kappa shape index (κ1) is 8.31. The third-order valence-electron chi connectivity index (χ3n) is 2.10. The third kappa shape index (κ3) is 2.37. The molecule has 0 bridgehead atoms. The van der Waals surface area contributed by atoms with Gasteiger partial charge in [-0.25, -0.2) is 0 Å². The van der Waals surface area contributed by atoms with Crippen LogP contribution in [0.2, 0.25) is 0 Å². The number of hydrogen-bond acceptors (Lipinski definition) is 1. The molecule has 1 heterocycles. The summed E-state index contributed by atoms with van der Waals surface area (Å²) < 4.78 is 0. The molecule has 0 atom stereocenters. The first-order valence-electron chi connectivity index (χ1n) is 4.11. The van der Waals surface area contributed by atoms with Crippen LogP contribution in [0.1, 0.15) is 26.7 Å². The number of carbonyl (C=O) groups is 1. The maximum absolute atomic E-state index is 11.0.